The minimum Gasteiger partial charge on any atom is -0.497 e. The van der Waals surface area contributed by atoms with Gasteiger partial charge in [0.05, 0.1) is 13.7 Å². The second kappa shape index (κ2) is 7.14. The number of likely N-dealkylation sites (N-methyl/N-ethyl adjacent to an activating group) is 1. The molecule has 7 heteroatoms. The molecule has 1 aliphatic heterocycles. The second-order valence-corrected chi connectivity index (χ2v) is 7.69. The summed E-state index contributed by atoms with van der Waals surface area (Å²) in [6.07, 6.45) is 0. The number of methoxy groups -OCH3 is 1. The topological polar surface area (TPSA) is 45.9 Å². The van der Waals surface area contributed by atoms with Gasteiger partial charge in [-0.25, -0.2) is 14.8 Å². The Morgan fingerprint density at radius 1 is 1.11 bits per heavy atom. The number of benzene rings is 1. The van der Waals surface area contributed by atoms with Crippen LogP contribution in [0.5, 0.6) is 5.75 Å². The molecule has 1 aliphatic rings. The summed E-state index contributed by atoms with van der Waals surface area (Å²) >= 11 is 1.45. The lowest BCUT2D eigenvalue weighted by Crippen LogP contribution is -2.45. The molecule has 3 aromatic rings. The minimum atomic E-state index is 0.692. The molecule has 1 saturated heterocycles. The average molecular weight is 379 g/mol. The van der Waals surface area contributed by atoms with E-state index in [1.54, 1.807) is 7.11 Å². The van der Waals surface area contributed by atoms with Gasteiger partial charge >= 0.3 is 0 Å². The van der Waals surface area contributed by atoms with E-state index in [2.05, 4.69) is 21.7 Å². The largest absolute Gasteiger partial charge is 0.497 e. The van der Waals surface area contributed by atoms with Crippen LogP contribution in [0.2, 0.25) is 0 Å². The van der Waals surface area contributed by atoms with Crippen LogP contribution in [0.4, 0.5) is 10.8 Å². The van der Waals surface area contributed by atoms with Gasteiger partial charge in [0.1, 0.15) is 16.4 Å². The van der Waals surface area contributed by atoms with Crippen molar-refractivity contribution in [2.45, 2.75) is 6.92 Å². The van der Waals surface area contributed by atoms with Crippen LogP contribution in [0.15, 0.2) is 24.3 Å². The molecule has 6 nitrogen and oxygen atoms in total. The quantitative estimate of drug-likeness (QED) is 0.644. The summed E-state index contributed by atoms with van der Waals surface area (Å²) in [6, 6.07) is 7.79. The van der Waals surface area contributed by atoms with Crippen LogP contribution in [-0.2, 0) is 0 Å². The minimum absolute atomic E-state index is 0.692. The van der Waals surface area contributed by atoms with Gasteiger partial charge in [0.15, 0.2) is 5.82 Å². The van der Waals surface area contributed by atoms with Crippen LogP contribution in [0, 0.1) is 13.5 Å². The lowest BCUT2D eigenvalue weighted by Gasteiger charge is -2.33. The molecule has 0 atom stereocenters. The third-order valence-electron chi connectivity index (χ3n) is 5.00. The van der Waals surface area contributed by atoms with Gasteiger partial charge in [-0.05, 0) is 43.8 Å². The highest BCUT2D eigenvalue weighted by atomic mass is 32.1. The van der Waals surface area contributed by atoms with Crippen molar-refractivity contribution in [3.05, 3.63) is 41.2 Å². The number of hydrogen-bond acceptors (Lipinski definition) is 6. The highest BCUT2D eigenvalue weighted by Crippen LogP contribution is 2.41. The maximum absolute atomic E-state index is 7.47. The first-order valence-electron chi connectivity index (χ1n) is 8.87. The first-order valence-corrected chi connectivity index (χ1v) is 9.69. The molecular formula is C20H21N5OS. The highest BCUT2D eigenvalue weighted by molar-refractivity contribution is 7.22. The van der Waals surface area contributed by atoms with Gasteiger partial charge in [0.25, 0.3) is 0 Å². The zero-order valence-electron chi connectivity index (χ0n) is 15.7. The Labute approximate surface area is 162 Å². The van der Waals surface area contributed by atoms with Crippen LogP contribution < -0.4 is 9.64 Å². The summed E-state index contributed by atoms with van der Waals surface area (Å²) in [5, 5.41) is 1.72. The summed E-state index contributed by atoms with van der Waals surface area (Å²) in [7, 11) is 3.80. The van der Waals surface area contributed by atoms with Crippen molar-refractivity contribution >= 4 is 32.4 Å². The molecule has 1 aromatic carbocycles. The maximum atomic E-state index is 7.47. The molecule has 2 aromatic heterocycles. The van der Waals surface area contributed by atoms with Gasteiger partial charge < -0.3 is 14.5 Å². The molecule has 4 rings (SSSR count). The molecule has 27 heavy (non-hydrogen) atoms. The van der Waals surface area contributed by atoms with E-state index < -0.39 is 0 Å². The molecule has 3 heterocycles. The van der Waals surface area contributed by atoms with E-state index in [1.165, 1.54) is 11.3 Å². The van der Waals surface area contributed by atoms with Gasteiger partial charge in [0.2, 0.25) is 5.00 Å². The van der Waals surface area contributed by atoms with Crippen molar-refractivity contribution in [1.29, 1.82) is 0 Å². The van der Waals surface area contributed by atoms with Gasteiger partial charge in [-0.15, -0.1) is 11.3 Å². The standard InChI is InChI=1S/C20H21N5OS/c1-13-16-18(25-11-9-24(3)10-12-25)22-17(23-20(16)27-19(13)21-2)14-5-7-15(26-4)8-6-14/h5-8H,9-12H2,1,3-4H3. The monoisotopic (exact) mass is 379 g/mol. The fourth-order valence-corrected chi connectivity index (χ4v) is 4.29. The van der Waals surface area contributed by atoms with E-state index in [-0.39, 0.29) is 0 Å². The van der Waals surface area contributed by atoms with Gasteiger partial charge in [-0.3, -0.25) is 0 Å². The third kappa shape index (κ3) is 3.22. The first kappa shape index (κ1) is 17.7. The lowest BCUT2D eigenvalue weighted by molar-refractivity contribution is 0.312. The summed E-state index contributed by atoms with van der Waals surface area (Å²) in [5.74, 6) is 2.45. The van der Waals surface area contributed by atoms with Crippen molar-refractivity contribution in [2.24, 2.45) is 0 Å². The van der Waals surface area contributed by atoms with E-state index in [9.17, 15) is 0 Å². The number of nitrogens with zero attached hydrogens (tertiary/aromatic N) is 5. The molecular weight excluding hydrogens is 358 g/mol. The number of fused-ring (bicyclic) bond motifs is 1. The molecule has 0 saturated carbocycles. The summed E-state index contributed by atoms with van der Waals surface area (Å²) in [5.41, 5.74) is 1.93. The Morgan fingerprint density at radius 2 is 1.81 bits per heavy atom. The van der Waals surface area contributed by atoms with Crippen molar-refractivity contribution in [1.82, 2.24) is 14.9 Å². The summed E-state index contributed by atoms with van der Waals surface area (Å²) < 4.78 is 5.25. The number of ether oxygens (including phenoxy) is 1. The van der Waals surface area contributed by atoms with Crippen molar-refractivity contribution in [3.8, 4) is 17.1 Å². The number of piperazine rings is 1. The number of anilines is 1. The molecule has 0 aliphatic carbocycles. The molecule has 138 valence electrons. The van der Waals surface area contributed by atoms with Crippen LogP contribution in [-0.4, -0.2) is 55.2 Å². The maximum Gasteiger partial charge on any atom is 0.246 e. The molecule has 0 N–H and O–H groups in total. The number of aryl methyl sites for hydroxylation is 1. The van der Waals surface area contributed by atoms with Crippen molar-refractivity contribution in [3.63, 3.8) is 0 Å². The fraction of sp³-hybridized carbons (Fsp3) is 0.350. The molecule has 1 fully saturated rings. The summed E-state index contributed by atoms with van der Waals surface area (Å²) in [4.78, 5) is 18.9. The smallest absolute Gasteiger partial charge is 0.246 e. The lowest BCUT2D eigenvalue weighted by atomic mass is 10.1. The number of aromatic nitrogens is 2. The predicted octanol–water partition coefficient (Wildman–Crippen LogP) is 3.98. The van der Waals surface area contributed by atoms with E-state index >= 15 is 0 Å². The van der Waals surface area contributed by atoms with Crippen LogP contribution in [0.1, 0.15) is 5.56 Å². The third-order valence-corrected chi connectivity index (χ3v) is 6.08. The zero-order chi connectivity index (χ0) is 19.0. The van der Waals surface area contributed by atoms with Gasteiger partial charge in [-0.1, -0.05) is 0 Å². The average Bonchev–Trinajstić information content (AvgIpc) is 3.04. The molecule has 0 bridgehead atoms. The SMILES string of the molecule is [C-]#[N+]c1sc2nc(-c3ccc(OC)cc3)nc(N3CCN(C)CC3)c2c1C. The van der Waals surface area contributed by atoms with Crippen LogP contribution in [0.25, 0.3) is 26.4 Å². The Morgan fingerprint density at radius 3 is 2.44 bits per heavy atom. The summed E-state index contributed by atoms with van der Waals surface area (Å²) in [6.45, 7) is 13.3. The van der Waals surface area contributed by atoms with Crippen LogP contribution in [0.3, 0.4) is 0 Å². The van der Waals surface area contributed by atoms with Crippen molar-refractivity contribution < 1.29 is 4.74 Å². The van der Waals surface area contributed by atoms with Gasteiger partial charge in [-0.2, -0.15) is 0 Å². The highest BCUT2D eigenvalue weighted by Gasteiger charge is 2.23. The molecule has 0 amide bonds. The Hall–Kier alpha value is -2.69. The van der Waals surface area contributed by atoms with E-state index in [4.69, 9.17) is 21.3 Å². The zero-order valence-corrected chi connectivity index (χ0v) is 16.5. The van der Waals surface area contributed by atoms with E-state index in [0.717, 1.165) is 59.1 Å². The Kier molecular flexibility index (Phi) is 4.68. The van der Waals surface area contributed by atoms with E-state index in [0.29, 0.717) is 10.8 Å². The number of rotatable bonds is 3. The number of thiophene rings is 1. The van der Waals surface area contributed by atoms with E-state index in [1.807, 2.05) is 31.2 Å². The Bertz CT molecular complexity index is 1010. The molecule has 0 unspecified atom stereocenters. The number of hydrogen-bond donors (Lipinski definition) is 0. The van der Waals surface area contributed by atoms with Gasteiger partial charge in [0, 0.05) is 37.1 Å². The molecule has 0 spiro atoms. The Balaban J connectivity index is 1.87. The first-order chi connectivity index (χ1) is 13.1. The fourth-order valence-electron chi connectivity index (χ4n) is 3.33. The normalized spacial score (nSPS) is 15.1. The predicted molar refractivity (Wildman–Crippen MR) is 110 cm³/mol. The molecule has 0 radical (unpaired) electrons. The second-order valence-electron chi connectivity index (χ2n) is 6.71. The van der Waals surface area contributed by atoms with Crippen molar-refractivity contribution in [2.75, 3.05) is 45.2 Å². The van der Waals surface area contributed by atoms with Crippen LogP contribution >= 0.6 is 11.3 Å².